The quantitative estimate of drug-likeness (QED) is 0.580. The Morgan fingerprint density at radius 2 is 1.70 bits per heavy atom. The molecule has 4 aliphatic heterocycles. The molecule has 2 saturated heterocycles. The van der Waals surface area contributed by atoms with Crippen molar-refractivity contribution in [3.05, 3.63) is 60.2 Å². The summed E-state index contributed by atoms with van der Waals surface area (Å²) in [6.45, 7) is 9.10. The van der Waals surface area contributed by atoms with Gasteiger partial charge in [0.1, 0.15) is 6.04 Å². The third-order valence-electron chi connectivity index (χ3n) is 8.52. The number of hydrogen-bond acceptors (Lipinski definition) is 5. The lowest BCUT2D eigenvalue weighted by Gasteiger charge is -2.40. The third-order valence-corrected chi connectivity index (χ3v) is 10.3. The van der Waals surface area contributed by atoms with Crippen molar-refractivity contribution in [1.29, 1.82) is 0 Å². The van der Waals surface area contributed by atoms with Gasteiger partial charge < -0.3 is 19.8 Å². The number of thioether (sulfide) groups is 1. The van der Waals surface area contributed by atoms with E-state index in [1.54, 1.807) is 21.6 Å². The van der Waals surface area contributed by atoms with Gasteiger partial charge in [-0.25, -0.2) is 0 Å². The van der Waals surface area contributed by atoms with Crippen LogP contribution < -0.4 is 0 Å². The Labute approximate surface area is 223 Å². The van der Waals surface area contributed by atoms with Gasteiger partial charge in [-0.3, -0.25) is 14.4 Å². The van der Waals surface area contributed by atoms with Crippen LogP contribution in [0, 0.1) is 11.8 Å². The summed E-state index contributed by atoms with van der Waals surface area (Å²) in [7, 11) is 0. The fourth-order valence-corrected chi connectivity index (χ4v) is 8.89. The van der Waals surface area contributed by atoms with E-state index in [-0.39, 0.29) is 30.4 Å². The van der Waals surface area contributed by atoms with Gasteiger partial charge in [0.2, 0.25) is 17.7 Å². The van der Waals surface area contributed by atoms with Crippen molar-refractivity contribution in [3.63, 3.8) is 0 Å². The van der Waals surface area contributed by atoms with Gasteiger partial charge >= 0.3 is 0 Å². The zero-order valence-corrected chi connectivity index (χ0v) is 22.9. The lowest BCUT2D eigenvalue weighted by atomic mass is 9.74. The lowest BCUT2D eigenvalue weighted by Crippen LogP contribution is -2.57. The number of rotatable bonds is 6. The highest BCUT2D eigenvalue weighted by Gasteiger charge is 2.74. The minimum atomic E-state index is -0.879. The average molecular weight is 524 g/mol. The summed E-state index contributed by atoms with van der Waals surface area (Å²) in [5.74, 6) is -1.65. The van der Waals surface area contributed by atoms with Gasteiger partial charge in [-0.1, -0.05) is 61.6 Å². The first kappa shape index (κ1) is 26.0. The van der Waals surface area contributed by atoms with Gasteiger partial charge in [-0.15, -0.1) is 11.8 Å². The predicted octanol–water partition coefficient (Wildman–Crippen LogP) is 2.85. The Bertz CT molecular complexity index is 1130. The maximum Gasteiger partial charge on any atom is 0.247 e. The molecule has 0 bridgehead atoms. The summed E-state index contributed by atoms with van der Waals surface area (Å²) in [5.41, 5.74) is 1.04. The van der Waals surface area contributed by atoms with Crippen LogP contribution in [0.15, 0.2) is 54.6 Å². The summed E-state index contributed by atoms with van der Waals surface area (Å²) in [5, 5.41) is 10.2. The maximum atomic E-state index is 14.4. The van der Waals surface area contributed by atoms with Crippen LogP contribution in [0.5, 0.6) is 0 Å². The second-order valence-electron chi connectivity index (χ2n) is 11.1. The van der Waals surface area contributed by atoms with Crippen LogP contribution in [0.4, 0.5) is 0 Å². The fraction of sp³-hybridized carbons (Fsp3) is 0.552. The first-order chi connectivity index (χ1) is 17.7. The molecule has 2 fully saturated rings. The van der Waals surface area contributed by atoms with Crippen molar-refractivity contribution >= 4 is 29.5 Å². The van der Waals surface area contributed by atoms with E-state index in [1.165, 1.54) is 0 Å². The highest BCUT2D eigenvalue weighted by atomic mass is 32.2. The number of carbonyl (C=O) groups excluding carboxylic acids is 3. The van der Waals surface area contributed by atoms with Crippen molar-refractivity contribution in [3.8, 4) is 0 Å². The molecule has 1 N–H and O–H groups in total. The minimum absolute atomic E-state index is 0.0344. The molecule has 4 aliphatic rings. The van der Waals surface area contributed by atoms with Gasteiger partial charge in [-0.2, -0.15) is 0 Å². The molecular weight excluding hydrogens is 486 g/mol. The number of fused-ring (bicyclic) bond motifs is 2. The number of hydrogen-bond donors (Lipinski definition) is 1. The van der Waals surface area contributed by atoms with Gasteiger partial charge in [0.05, 0.1) is 29.2 Å². The molecule has 4 heterocycles. The Hall–Kier alpha value is -2.58. The van der Waals surface area contributed by atoms with Crippen molar-refractivity contribution in [1.82, 2.24) is 14.7 Å². The topological polar surface area (TPSA) is 81.2 Å². The molecule has 3 amide bonds. The van der Waals surface area contributed by atoms with E-state index < -0.39 is 33.4 Å². The van der Waals surface area contributed by atoms with E-state index in [0.717, 1.165) is 5.56 Å². The summed E-state index contributed by atoms with van der Waals surface area (Å²) < 4.78 is -1.51. The van der Waals surface area contributed by atoms with Gasteiger partial charge in [0.25, 0.3) is 0 Å². The third kappa shape index (κ3) is 3.95. The summed E-state index contributed by atoms with van der Waals surface area (Å²) in [6, 6.07) is 8.61. The minimum Gasteiger partial charge on any atom is -0.394 e. The number of amides is 3. The first-order valence-electron chi connectivity index (χ1n) is 13.3. The number of likely N-dealkylation sites (tertiary alicyclic amines) is 1. The summed E-state index contributed by atoms with van der Waals surface area (Å²) >= 11 is 1.59. The van der Waals surface area contributed by atoms with Crippen molar-refractivity contribution < 1.29 is 19.5 Å². The zero-order valence-electron chi connectivity index (χ0n) is 22.0. The molecule has 1 aromatic carbocycles. The second-order valence-corrected chi connectivity index (χ2v) is 12.9. The second kappa shape index (κ2) is 9.62. The van der Waals surface area contributed by atoms with Crippen molar-refractivity contribution in [2.75, 3.05) is 19.7 Å². The van der Waals surface area contributed by atoms with E-state index in [1.807, 2.05) is 81.2 Å². The molecule has 0 saturated carbocycles. The predicted molar refractivity (Wildman–Crippen MR) is 144 cm³/mol. The molecule has 1 spiro atoms. The molecule has 7 nitrogen and oxygen atoms in total. The van der Waals surface area contributed by atoms with E-state index >= 15 is 0 Å². The number of nitrogens with zero attached hydrogens (tertiary/aromatic N) is 3. The normalized spacial score (nSPS) is 33.9. The zero-order chi connectivity index (χ0) is 26.5. The van der Waals surface area contributed by atoms with Crippen molar-refractivity contribution in [2.24, 2.45) is 11.8 Å². The molecule has 8 heteroatoms. The standard InChI is InChI=1S/C29H37N3O4S/c1-5-21(18-33)32-24-27(36)31(19(2)3)16-10-14-29(24)23(26(32)35)22-25(34)30(15-9-13-28(22,4)37-29)17-20-11-7-6-8-12-20/h6-14,19,21-24,33H,5,15-18H2,1-4H3/t21-,22+,23-,24?,28-,29-/m0/s1. The maximum absolute atomic E-state index is 14.4. The summed E-state index contributed by atoms with van der Waals surface area (Å²) in [4.78, 5) is 48.1. The number of aliphatic hydroxyl groups is 1. The highest BCUT2D eigenvalue weighted by molar-refractivity contribution is 8.02. The molecule has 5 rings (SSSR count). The molecule has 37 heavy (non-hydrogen) atoms. The first-order valence-corrected chi connectivity index (χ1v) is 14.1. The van der Waals surface area contributed by atoms with Crippen molar-refractivity contribution in [2.45, 2.75) is 68.3 Å². The number of aliphatic hydroxyl groups excluding tert-OH is 1. The van der Waals surface area contributed by atoms with Crippen LogP contribution in [0.3, 0.4) is 0 Å². The highest BCUT2D eigenvalue weighted by Crippen LogP contribution is 2.66. The molecule has 1 unspecified atom stereocenters. The van der Waals surface area contributed by atoms with Crippen LogP contribution in [0.1, 0.15) is 39.7 Å². The monoisotopic (exact) mass is 523 g/mol. The van der Waals surface area contributed by atoms with Crippen LogP contribution >= 0.6 is 11.8 Å². The number of benzene rings is 1. The Balaban J connectivity index is 1.62. The van der Waals surface area contributed by atoms with Gasteiger partial charge in [0, 0.05) is 30.4 Å². The van der Waals surface area contributed by atoms with Crippen LogP contribution in [0.25, 0.3) is 0 Å². The van der Waals surface area contributed by atoms with E-state index in [0.29, 0.717) is 26.1 Å². The average Bonchev–Trinajstić information content (AvgIpc) is 3.14. The fourth-order valence-electron chi connectivity index (χ4n) is 6.75. The van der Waals surface area contributed by atoms with E-state index in [2.05, 4.69) is 6.08 Å². The molecule has 6 atom stereocenters. The SMILES string of the molecule is CC[C@@H](CO)N1C(=O)[C@@H]2[C@@H]3C(=O)N(Cc4ccccc4)CC=C[C@]3(C)S[C@@]23C=CCN(C(C)C)C(=O)C13. The smallest absolute Gasteiger partial charge is 0.247 e. The lowest BCUT2D eigenvalue weighted by molar-refractivity contribution is -0.148. The van der Waals surface area contributed by atoms with Gasteiger partial charge in [-0.05, 0) is 32.8 Å². The Kier molecular flexibility index (Phi) is 6.77. The van der Waals surface area contributed by atoms with E-state index in [4.69, 9.17) is 0 Å². The van der Waals surface area contributed by atoms with E-state index in [9.17, 15) is 19.5 Å². The molecule has 0 radical (unpaired) electrons. The van der Waals surface area contributed by atoms with Crippen LogP contribution in [-0.4, -0.2) is 84.8 Å². The number of carbonyl (C=O) groups is 3. The van der Waals surface area contributed by atoms with Gasteiger partial charge in [0.15, 0.2) is 0 Å². The van der Waals surface area contributed by atoms with Crippen LogP contribution in [-0.2, 0) is 20.9 Å². The molecule has 1 aromatic rings. The molecular formula is C29H37N3O4S. The van der Waals surface area contributed by atoms with Crippen LogP contribution in [0.2, 0.25) is 0 Å². The molecule has 0 aromatic heterocycles. The largest absolute Gasteiger partial charge is 0.394 e. The Morgan fingerprint density at radius 1 is 1.00 bits per heavy atom. The Morgan fingerprint density at radius 3 is 2.35 bits per heavy atom. The molecule has 0 aliphatic carbocycles. The summed E-state index contributed by atoms with van der Waals surface area (Å²) in [6.07, 6.45) is 8.69. The molecule has 198 valence electrons.